The summed E-state index contributed by atoms with van der Waals surface area (Å²) >= 11 is 5.17. The van der Waals surface area contributed by atoms with Crippen LogP contribution in [0.2, 0.25) is 0 Å². The van der Waals surface area contributed by atoms with Crippen molar-refractivity contribution in [2.24, 2.45) is 23.5 Å². The van der Waals surface area contributed by atoms with Crippen molar-refractivity contribution < 1.29 is 4.79 Å². The van der Waals surface area contributed by atoms with Gasteiger partial charge in [0.2, 0.25) is 5.91 Å². The average molecular weight is 371 g/mol. The third-order valence-corrected chi connectivity index (χ3v) is 6.84. The Bertz CT molecular complexity index is 504. The maximum absolute atomic E-state index is 12.7. The standard InChI is InChI=1S/C16H23BrN2OS/c1-19(8-14-7-13(17)9-21-14)16(20)12-5-10-3-2-4-11(6-12)15(10)18/h7,9-12,15H,2-6,8,18H2,1H3. The number of nitrogens with two attached hydrogens (primary N) is 1. The van der Waals surface area contributed by atoms with Gasteiger partial charge in [0.25, 0.3) is 0 Å². The third kappa shape index (κ3) is 3.35. The Balaban J connectivity index is 1.62. The lowest BCUT2D eigenvalue weighted by atomic mass is 9.65. The summed E-state index contributed by atoms with van der Waals surface area (Å²) in [6.07, 6.45) is 5.71. The van der Waals surface area contributed by atoms with E-state index in [4.69, 9.17) is 5.73 Å². The zero-order valence-electron chi connectivity index (χ0n) is 12.4. The van der Waals surface area contributed by atoms with E-state index in [1.165, 1.54) is 24.1 Å². The van der Waals surface area contributed by atoms with E-state index in [2.05, 4.69) is 27.4 Å². The molecule has 1 amide bonds. The van der Waals surface area contributed by atoms with Crippen LogP contribution in [0.25, 0.3) is 0 Å². The second-order valence-corrected chi connectivity index (χ2v) is 8.53. The van der Waals surface area contributed by atoms with Crippen molar-refractivity contribution in [2.75, 3.05) is 7.05 Å². The SMILES string of the molecule is CN(Cc1cc(Br)cs1)C(=O)C1CC2CCCC(C1)C2N. The van der Waals surface area contributed by atoms with Crippen molar-refractivity contribution in [2.45, 2.75) is 44.7 Å². The highest BCUT2D eigenvalue weighted by Gasteiger charge is 2.41. The molecule has 0 aliphatic heterocycles. The minimum Gasteiger partial charge on any atom is -0.340 e. The van der Waals surface area contributed by atoms with Gasteiger partial charge in [-0.25, -0.2) is 0 Å². The molecule has 5 heteroatoms. The van der Waals surface area contributed by atoms with Crippen LogP contribution in [0.15, 0.2) is 15.9 Å². The third-order valence-electron chi connectivity index (χ3n) is 5.15. The molecule has 2 aliphatic rings. The van der Waals surface area contributed by atoms with Gasteiger partial charge in [-0.2, -0.15) is 0 Å². The number of hydrogen-bond donors (Lipinski definition) is 1. The molecule has 116 valence electrons. The molecule has 2 atom stereocenters. The lowest BCUT2D eigenvalue weighted by Crippen LogP contribution is -2.49. The number of nitrogens with zero attached hydrogens (tertiary/aromatic N) is 1. The molecule has 1 aromatic heterocycles. The quantitative estimate of drug-likeness (QED) is 0.882. The summed E-state index contributed by atoms with van der Waals surface area (Å²) in [6, 6.07) is 2.43. The van der Waals surface area contributed by atoms with Crippen LogP contribution < -0.4 is 5.73 Å². The van der Waals surface area contributed by atoms with Gasteiger partial charge in [0.1, 0.15) is 0 Å². The number of rotatable bonds is 3. The van der Waals surface area contributed by atoms with Crippen molar-refractivity contribution in [3.05, 3.63) is 20.8 Å². The molecule has 2 N–H and O–H groups in total. The summed E-state index contributed by atoms with van der Waals surface area (Å²) in [4.78, 5) is 15.9. The maximum Gasteiger partial charge on any atom is 0.225 e. The maximum atomic E-state index is 12.7. The molecule has 2 fully saturated rings. The molecule has 1 aromatic rings. The molecule has 2 bridgehead atoms. The predicted octanol–water partition coefficient (Wildman–Crippen LogP) is 3.62. The molecule has 2 unspecified atom stereocenters. The average Bonchev–Trinajstić information content (AvgIpc) is 2.83. The first-order valence-electron chi connectivity index (χ1n) is 7.78. The van der Waals surface area contributed by atoms with Gasteiger partial charge >= 0.3 is 0 Å². The van der Waals surface area contributed by atoms with Gasteiger partial charge in [-0.3, -0.25) is 4.79 Å². The van der Waals surface area contributed by atoms with Crippen LogP contribution in [0.3, 0.4) is 0 Å². The van der Waals surface area contributed by atoms with E-state index in [1.54, 1.807) is 11.3 Å². The first-order chi connectivity index (χ1) is 10.0. The molecule has 3 nitrogen and oxygen atoms in total. The highest BCUT2D eigenvalue weighted by atomic mass is 79.9. The Hall–Kier alpha value is -0.390. The number of hydrogen-bond acceptors (Lipinski definition) is 3. The zero-order chi connectivity index (χ0) is 15.0. The molecule has 0 saturated heterocycles. The van der Waals surface area contributed by atoms with E-state index in [9.17, 15) is 4.79 Å². The van der Waals surface area contributed by atoms with Crippen LogP contribution in [0.4, 0.5) is 0 Å². The fourth-order valence-electron chi connectivity index (χ4n) is 4.05. The Kier molecular flexibility index (Phi) is 4.71. The summed E-state index contributed by atoms with van der Waals surface area (Å²) < 4.78 is 1.10. The number of halogens is 1. The Labute approximate surface area is 139 Å². The lowest BCUT2D eigenvalue weighted by molar-refractivity contribution is -0.137. The van der Waals surface area contributed by atoms with Gasteiger partial charge in [-0.05, 0) is 59.5 Å². The normalized spacial score (nSPS) is 32.0. The zero-order valence-corrected chi connectivity index (χ0v) is 14.8. The fraction of sp³-hybridized carbons (Fsp3) is 0.688. The van der Waals surface area contributed by atoms with E-state index < -0.39 is 0 Å². The van der Waals surface area contributed by atoms with Crippen molar-refractivity contribution in [3.8, 4) is 0 Å². The number of carbonyl (C=O) groups is 1. The second-order valence-electron chi connectivity index (χ2n) is 6.62. The van der Waals surface area contributed by atoms with E-state index in [-0.39, 0.29) is 5.92 Å². The van der Waals surface area contributed by atoms with E-state index >= 15 is 0 Å². The molecule has 0 spiro atoms. The van der Waals surface area contributed by atoms with E-state index in [0.29, 0.717) is 30.3 Å². The van der Waals surface area contributed by atoms with Crippen molar-refractivity contribution in [1.29, 1.82) is 0 Å². The van der Waals surface area contributed by atoms with Crippen LogP contribution in [-0.4, -0.2) is 23.9 Å². The lowest BCUT2D eigenvalue weighted by Gasteiger charge is -2.44. The van der Waals surface area contributed by atoms with Gasteiger partial charge in [0.15, 0.2) is 0 Å². The van der Waals surface area contributed by atoms with Gasteiger partial charge in [0.05, 0.1) is 6.54 Å². The van der Waals surface area contributed by atoms with Gasteiger partial charge in [-0.1, -0.05) is 6.42 Å². The summed E-state index contributed by atoms with van der Waals surface area (Å²) in [7, 11) is 1.93. The van der Waals surface area contributed by atoms with Crippen LogP contribution in [0, 0.1) is 17.8 Å². The van der Waals surface area contributed by atoms with Crippen molar-refractivity contribution in [1.82, 2.24) is 4.90 Å². The molecule has 3 rings (SSSR count). The topological polar surface area (TPSA) is 46.3 Å². The first kappa shape index (κ1) is 15.5. The highest BCUT2D eigenvalue weighted by molar-refractivity contribution is 9.10. The molecule has 2 aliphatic carbocycles. The van der Waals surface area contributed by atoms with E-state index in [0.717, 1.165) is 17.3 Å². The minimum atomic E-state index is 0.188. The first-order valence-corrected chi connectivity index (χ1v) is 9.45. The van der Waals surface area contributed by atoms with Crippen LogP contribution in [0.1, 0.15) is 37.0 Å². The molecular weight excluding hydrogens is 348 g/mol. The number of fused-ring (bicyclic) bond motifs is 2. The number of carbonyl (C=O) groups excluding carboxylic acids is 1. The van der Waals surface area contributed by atoms with Gasteiger partial charge in [0, 0.05) is 33.7 Å². The Morgan fingerprint density at radius 3 is 2.67 bits per heavy atom. The summed E-state index contributed by atoms with van der Waals surface area (Å²) in [5, 5.41) is 2.07. The van der Waals surface area contributed by atoms with Crippen molar-refractivity contribution in [3.63, 3.8) is 0 Å². The predicted molar refractivity (Wildman–Crippen MR) is 90.0 cm³/mol. The van der Waals surface area contributed by atoms with Crippen LogP contribution >= 0.6 is 27.3 Å². The van der Waals surface area contributed by atoms with Gasteiger partial charge < -0.3 is 10.6 Å². The fourth-order valence-corrected chi connectivity index (χ4v) is 5.55. The summed E-state index contributed by atoms with van der Waals surface area (Å²) in [5.41, 5.74) is 6.32. The molecule has 2 saturated carbocycles. The van der Waals surface area contributed by atoms with Crippen molar-refractivity contribution >= 4 is 33.2 Å². The molecule has 1 heterocycles. The highest BCUT2D eigenvalue weighted by Crippen LogP contribution is 2.42. The smallest absolute Gasteiger partial charge is 0.225 e. The molecular formula is C16H23BrN2OS. The summed E-state index contributed by atoms with van der Waals surface area (Å²) in [6.45, 7) is 0.715. The Morgan fingerprint density at radius 2 is 2.10 bits per heavy atom. The molecule has 0 aromatic carbocycles. The van der Waals surface area contributed by atoms with Gasteiger partial charge in [-0.15, -0.1) is 11.3 Å². The van der Waals surface area contributed by atoms with Crippen LogP contribution in [-0.2, 0) is 11.3 Å². The van der Waals surface area contributed by atoms with Crippen LogP contribution in [0.5, 0.6) is 0 Å². The number of thiophene rings is 1. The van der Waals surface area contributed by atoms with E-state index in [1.807, 2.05) is 11.9 Å². The largest absolute Gasteiger partial charge is 0.340 e. The number of amides is 1. The summed E-state index contributed by atoms with van der Waals surface area (Å²) in [5.74, 6) is 1.63. The second kappa shape index (κ2) is 6.39. The minimum absolute atomic E-state index is 0.188. The molecule has 0 radical (unpaired) electrons. The molecule has 21 heavy (non-hydrogen) atoms. The monoisotopic (exact) mass is 370 g/mol. The Morgan fingerprint density at radius 1 is 1.43 bits per heavy atom.